The predicted molar refractivity (Wildman–Crippen MR) is 69.6 cm³/mol. The molecule has 1 saturated heterocycles. The van der Waals surface area contributed by atoms with Crippen molar-refractivity contribution in [3.05, 3.63) is 0 Å². The number of carboxylic acid groups (broad SMARTS) is 1. The van der Waals surface area contributed by atoms with Crippen LogP contribution in [0.25, 0.3) is 0 Å². The molecule has 0 aromatic heterocycles. The van der Waals surface area contributed by atoms with E-state index in [1.54, 1.807) is 14.1 Å². The molecule has 8 heteroatoms. The molecule has 0 bridgehead atoms. The standard InChI is InChI=1S/C11H20N2O5S/c1-8(11(15)16)12(2)6-10(14)13(3)9-4-5-19(17,18)7-9/h8-9H,4-7H2,1-3H3,(H,15,16). The molecule has 1 heterocycles. The Morgan fingerprint density at radius 3 is 2.37 bits per heavy atom. The van der Waals surface area contributed by atoms with Gasteiger partial charge in [-0.1, -0.05) is 0 Å². The monoisotopic (exact) mass is 292 g/mol. The molecule has 1 fully saturated rings. The maximum absolute atomic E-state index is 12.0. The molecular formula is C11H20N2O5S. The summed E-state index contributed by atoms with van der Waals surface area (Å²) in [5, 5.41) is 8.84. The Bertz CT molecular complexity index is 462. The highest BCUT2D eigenvalue weighted by Gasteiger charge is 2.33. The maximum atomic E-state index is 12.0. The molecule has 0 aromatic rings. The van der Waals surface area contributed by atoms with Crippen molar-refractivity contribution in [1.82, 2.24) is 9.80 Å². The van der Waals surface area contributed by atoms with Crippen LogP contribution in [0.1, 0.15) is 13.3 Å². The predicted octanol–water partition coefficient (Wildman–Crippen LogP) is -0.963. The van der Waals surface area contributed by atoms with Gasteiger partial charge in [-0.2, -0.15) is 0 Å². The molecule has 0 spiro atoms. The molecule has 7 nitrogen and oxygen atoms in total. The number of hydrogen-bond acceptors (Lipinski definition) is 5. The quantitative estimate of drug-likeness (QED) is 0.701. The Morgan fingerprint density at radius 1 is 1.37 bits per heavy atom. The molecule has 1 aliphatic rings. The number of rotatable bonds is 5. The van der Waals surface area contributed by atoms with Crippen LogP contribution >= 0.6 is 0 Å². The van der Waals surface area contributed by atoms with Crippen molar-refractivity contribution >= 4 is 21.7 Å². The van der Waals surface area contributed by atoms with Crippen LogP contribution in [-0.4, -0.2) is 79.4 Å². The largest absolute Gasteiger partial charge is 0.480 e. The minimum Gasteiger partial charge on any atom is -0.480 e. The summed E-state index contributed by atoms with van der Waals surface area (Å²) in [5.41, 5.74) is 0. The van der Waals surface area contributed by atoms with E-state index in [-0.39, 0.29) is 30.0 Å². The Morgan fingerprint density at radius 2 is 1.95 bits per heavy atom. The van der Waals surface area contributed by atoms with Gasteiger partial charge in [-0.05, 0) is 20.4 Å². The van der Waals surface area contributed by atoms with Crippen LogP contribution in [0.2, 0.25) is 0 Å². The van der Waals surface area contributed by atoms with E-state index in [0.717, 1.165) is 0 Å². The second-order valence-corrected chi connectivity index (χ2v) is 7.22. The molecular weight excluding hydrogens is 272 g/mol. The van der Waals surface area contributed by atoms with Crippen molar-refractivity contribution in [3.8, 4) is 0 Å². The summed E-state index contributed by atoms with van der Waals surface area (Å²) >= 11 is 0. The highest BCUT2D eigenvalue weighted by atomic mass is 32.2. The van der Waals surface area contributed by atoms with Gasteiger partial charge in [-0.25, -0.2) is 8.42 Å². The van der Waals surface area contributed by atoms with Crippen LogP contribution < -0.4 is 0 Å². The van der Waals surface area contributed by atoms with Gasteiger partial charge in [-0.3, -0.25) is 14.5 Å². The number of carboxylic acids is 1. The zero-order valence-corrected chi connectivity index (χ0v) is 12.2. The van der Waals surface area contributed by atoms with Gasteiger partial charge in [0, 0.05) is 13.1 Å². The Labute approximate surface area is 113 Å². The van der Waals surface area contributed by atoms with Crippen molar-refractivity contribution in [2.75, 3.05) is 32.1 Å². The summed E-state index contributed by atoms with van der Waals surface area (Å²) in [4.78, 5) is 25.6. The molecule has 1 rings (SSSR count). The molecule has 0 aromatic carbocycles. The van der Waals surface area contributed by atoms with E-state index in [9.17, 15) is 18.0 Å². The lowest BCUT2D eigenvalue weighted by Gasteiger charge is -2.27. The summed E-state index contributed by atoms with van der Waals surface area (Å²) in [6.45, 7) is 1.45. The second-order valence-electron chi connectivity index (χ2n) is 4.99. The van der Waals surface area contributed by atoms with Gasteiger partial charge in [0.1, 0.15) is 6.04 Å². The zero-order chi connectivity index (χ0) is 14.8. The third-order valence-corrected chi connectivity index (χ3v) is 5.30. The molecule has 1 N–H and O–H groups in total. The van der Waals surface area contributed by atoms with Gasteiger partial charge in [0.15, 0.2) is 9.84 Å². The lowest BCUT2D eigenvalue weighted by molar-refractivity contribution is -0.143. The van der Waals surface area contributed by atoms with Crippen LogP contribution in [0.5, 0.6) is 0 Å². The first-order chi connectivity index (χ1) is 8.64. The first-order valence-electron chi connectivity index (χ1n) is 6.03. The fraction of sp³-hybridized carbons (Fsp3) is 0.818. The smallest absolute Gasteiger partial charge is 0.320 e. The molecule has 0 saturated carbocycles. The molecule has 0 radical (unpaired) electrons. The van der Waals surface area contributed by atoms with Crippen LogP contribution in [-0.2, 0) is 19.4 Å². The summed E-state index contributed by atoms with van der Waals surface area (Å²) in [6, 6.07) is -1.06. The Kier molecular flexibility index (Phi) is 4.92. The summed E-state index contributed by atoms with van der Waals surface area (Å²) in [7, 11) is 0.0803. The van der Waals surface area contributed by atoms with Gasteiger partial charge < -0.3 is 10.0 Å². The number of carbonyl (C=O) groups excluding carboxylic acids is 1. The lowest BCUT2D eigenvalue weighted by atomic mass is 10.2. The maximum Gasteiger partial charge on any atom is 0.320 e. The SMILES string of the molecule is CC(C(=O)O)N(C)CC(=O)N(C)C1CCS(=O)(=O)C1. The van der Waals surface area contributed by atoms with Crippen molar-refractivity contribution in [3.63, 3.8) is 0 Å². The number of nitrogens with zero attached hydrogens (tertiary/aromatic N) is 2. The van der Waals surface area contributed by atoms with E-state index in [1.165, 1.54) is 16.7 Å². The fourth-order valence-electron chi connectivity index (χ4n) is 1.93. The first kappa shape index (κ1) is 15.9. The van der Waals surface area contributed by atoms with Crippen LogP contribution in [0.15, 0.2) is 0 Å². The Balaban J connectivity index is 2.57. The van der Waals surface area contributed by atoms with Crippen molar-refractivity contribution in [2.24, 2.45) is 0 Å². The molecule has 1 aliphatic heterocycles. The molecule has 2 unspecified atom stereocenters. The first-order valence-corrected chi connectivity index (χ1v) is 7.85. The van der Waals surface area contributed by atoms with E-state index < -0.39 is 21.8 Å². The number of sulfone groups is 1. The average Bonchev–Trinajstić information content (AvgIpc) is 2.67. The third kappa shape index (κ3) is 4.17. The minimum atomic E-state index is -3.03. The van der Waals surface area contributed by atoms with Crippen molar-refractivity contribution in [1.29, 1.82) is 0 Å². The highest BCUT2D eigenvalue weighted by molar-refractivity contribution is 7.91. The average molecular weight is 292 g/mol. The number of hydrogen-bond donors (Lipinski definition) is 1. The summed E-state index contributed by atoms with van der Waals surface area (Å²) < 4.78 is 22.7. The molecule has 0 aliphatic carbocycles. The van der Waals surface area contributed by atoms with Gasteiger partial charge in [-0.15, -0.1) is 0 Å². The number of carbonyl (C=O) groups is 2. The van der Waals surface area contributed by atoms with E-state index >= 15 is 0 Å². The topological polar surface area (TPSA) is 95.0 Å². The zero-order valence-electron chi connectivity index (χ0n) is 11.4. The van der Waals surface area contributed by atoms with E-state index in [4.69, 9.17) is 5.11 Å². The lowest BCUT2D eigenvalue weighted by Crippen LogP contribution is -2.46. The normalized spacial score (nSPS) is 23.3. The van der Waals surface area contributed by atoms with E-state index in [0.29, 0.717) is 6.42 Å². The second kappa shape index (κ2) is 5.87. The van der Waals surface area contributed by atoms with Gasteiger partial charge in [0.25, 0.3) is 0 Å². The Hall–Kier alpha value is -1.15. The minimum absolute atomic E-state index is 0.00651. The van der Waals surface area contributed by atoms with Crippen LogP contribution in [0, 0.1) is 0 Å². The van der Waals surface area contributed by atoms with Gasteiger partial charge in [0.05, 0.1) is 18.1 Å². The summed E-state index contributed by atoms with van der Waals surface area (Å²) in [6.07, 6.45) is 0.447. The summed E-state index contributed by atoms with van der Waals surface area (Å²) in [5.74, 6) is -1.16. The van der Waals surface area contributed by atoms with Crippen molar-refractivity contribution < 1.29 is 23.1 Å². The van der Waals surface area contributed by atoms with Crippen molar-refractivity contribution in [2.45, 2.75) is 25.4 Å². The molecule has 2 atom stereocenters. The van der Waals surface area contributed by atoms with Gasteiger partial charge in [0.2, 0.25) is 5.91 Å². The number of likely N-dealkylation sites (N-methyl/N-ethyl adjacent to an activating group) is 2. The number of aliphatic carboxylic acids is 1. The fourth-order valence-corrected chi connectivity index (χ4v) is 3.71. The molecule has 110 valence electrons. The highest BCUT2D eigenvalue weighted by Crippen LogP contribution is 2.16. The molecule has 1 amide bonds. The number of amides is 1. The molecule has 19 heavy (non-hydrogen) atoms. The van der Waals surface area contributed by atoms with E-state index in [1.807, 2.05) is 0 Å². The third-order valence-electron chi connectivity index (χ3n) is 3.55. The van der Waals surface area contributed by atoms with Crippen LogP contribution in [0.3, 0.4) is 0 Å². The van der Waals surface area contributed by atoms with Crippen LogP contribution in [0.4, 0.5) is 0 Å². The van der Waals surface area contributed by atoms with Gasteiger partial charge >= 0.3 is 5.97 Å². The van der Waals surface area contributed by atoms with E-state index in [2.05, 4.69) is 0 Å².